The Labute approximate surface area is 195 Å². The Morgan fingerprint density at radius 3 is 2.82 bits per heavy atom. The van der Waals surface area contributed by atoms with Gasteiger partial charge in [-0.15, -0.1) is 0 Å². The van der Waals surface area contributed by atoms with Crippen molar-refractivity contribution in [3.8, 4) is 16.9 Å². The molecule has 1 fully saturated rings. The third kappa shape index (κ3) is 4.25. The molecule has 10 heteroatoms. The van der Waals surface area contributed by atoms with Crippen LogP contribution in [0, 0.1) is 11.6 Å². The van der Waals surface area contributed by atoms with Crippen LogP contribution < -0.4 is 9.46 Å². The number of fused-ring (bicyclic) bond motifs is 7. The molecule has 1 N–H and O–H groups in total. The molecule has 2 aliphatic rings. The van der Waals surface area contributed by atoms with Gasteiger partial charge in [0.1, 0.15) is 18.6 Å². The van der Waals surface area contributed by atoms with Gasteiger partial charge in [-0.1, -0.05) is 17.7 Å². The Morgan fingerprint density at radius 2 is 2.03 bits per heavy atom. The number of oxazole rings is 1. The average molecular weight is 495 g/mol. The molecule has 2 aromatic carbocycles. The Bertz CT molecular complexity index is 1340. The summed E-state index contributed by atoms with van der Waals surface area (Å²) in [6, 6.07) is 7.63. The fraction of sp³-hybridized carbons (Fsp3) is 0.348. The summed E-state index contributed by atoms with van der Waals surface area (Å²) in [6.07, 6.45) is 4.90. The summed E-state index contributed by atoms with van der Waals surface area (Å²) in [7, 11) is -3.37. The molecule has 1 aliphatic carbocycles. The summed E-state index contributed by atoms with van der Waals surface area (Å²) in [6.45, 7) is -0.130. The number of aromatic nitrogens is 1. The van der Waals surface area contributed by atoms with Crippen molar-refractivity contribution in [3.05, 3.63) is 70.4 Å². The molecule has 1 aromatic heterocycles. The summed E-state index contributed by atoms with van der Waals surface area (Å²) in [5.74, 6) is -1.90. The monoisotopic (exact) mass is 494 g/mol. The number of hydrogen-bond acceptors (Lipinski definition) is 5. The minimum absolute atomic E-state index is 0.130. The third-order valence-electron chi connectivity index (χ3n) is 6.27. The Kier molecular flexibility index (Phi) is 5.46. The van der Waals surface area contributed by atoms with Gasteiger partial charge in [-0.05, 0) is 55.5 Å². The predicted molar refractivity (Wildman–Crippen MR) is 119 cm³/mol. The van der Waals surface area contributed by atoms with Crippen molar-refractivity contribution in [1.29, 1.82) is 0 Å². The average Bonchev–Trinajstić information content (AvgIpc) is 3.37. The van der Waals surface area contributed by atoms with E-state index in [0.29, 0.717) is 53.4 Å². The second kappa shape index (κ2) is 8.07. The summed E-state index contributed by atoms with van der Waals surface area (Å²) in [4.78, 5) is 4.58. The van der Waals surface area contributed by atoms with E-state index >= 15 is 0 Å². The molecule has 174 valence electrons. The first kappa shape index (κ1) is 22.3. The molecule has 2 heterocycles. The molecular formula is C23H21ClF2N2O4S. The summed E-state index contributed by atoms with van der Waals surface area (Å²) in [5.41, 5.74) is 1.62. The summed E-state index contributed by atoms with van der Waals surface area (Å²) < 4.78 is 66.4. The molecule has 0 radical (unpaired) electrons. The van der Waals surface area contributed by atoms with Gasteiger partial charge in [0.25, 0.3) is 0 Å². The molecule has 0 saturated heterocycles. The van der Waals surface area contributed by atoms with Crippen LogP contribution in [-0.2, 0) is 28.5 Å². The highest BCUT2D eigenvalue weighted by atomic mass is 35.5. The van der Waals surface area contributed by atoms with Gasteiger partial charge in [-0.3, -0.25) is 0 Å². The van der Waals surface area contributed by atoms with E-state index in [0.717, 1.165) is 17.9 Å². The minimum atomic E-state index is -3.37. The van der Waals surface area contributed by atoms with Crippen LogP contribution in [0.1, 0.15) is 36.4 Å². The van der Waals surface area contributed by atoms with Gasteiger partial charge >= 0.3 is 0 Å². The molecule has 0 unspecified atom stereocenters. The second-order valence-electron chi connectivity index (χ2n) is 8.77. The lowest BCUT2D eigenvalue weighted by Gasteiger charge is -2.27. The van der Waals surface area contributed by atoms with Crippen molar-refractivity contribution in [3.63, 3.8) is 0 Å². The van der Waals surface area contributed by atoms with Gasteiger partial charge in [0.15, 0.2) is 11.6 Å². The first-order valence-electron chi connectivity index (χ1n) is 10.5. The molecule has 1 saturated carbocycles. The van der Waals surface area contributed by atoms with E-state index in [2.05, 4.69) is 9.71 Å². The maximum Gasteiger partial charge on any atom is 0.208 e. The van der Waals surface area contributed by atoms with Crippen LogP contribution in [-0.4, -0.2) is 25.7 Å². The first-order chi connectivity index (χ1) is 15.6. The molecule has 1 aliphatic heterocycles. The molecular weight excluding hydrogens is 474 g/mol. The van der Waals surface area contributed by atoms with Gasteiger partial charge in [-0.2, -0.15) is 4.39 Å². The number of hydrogen-bond donors (Lipinski definition) is 1. The van der Waals surface area contributed by atoms with Crippen LogP contribution in [0.5, 0.6) is 5.75 Å². The van der Waals surface area contributed by atoms with Crippen LogP contribution in [0.15, 0.2) is 41.0 Å². The smallest absolute Gasteiger partial charge is 0.208 e. The van der Waals surface area contributed by atoms with E-state index in [9.17, 15) is 17.2 Å². The van der Waals surface area contributed by atoms with Crippen molar-refractivity contribution in [1.82, 2.24) is 9.71 Å². The molecule has 33 heavy (non-hydrogen) atoms. The van der Waals surface area contributed by atoms with Crippen LogP contribution >= 0.6 is 11.6 Å². The summed E-state index contributed by atoms with van der Waals surface area (Å²) in [5, 5.41) is 0.375. The lowest BCUT2D eigenvalue weighted by molar-refractivity contribution is 0.281. The van der Waals surface area contributed by atoms with Crippen molar-refractivity contribution in [2.45, 2.75) is 43.7 Å². The van der Waals surface area contributed by atoms with Gasteiger partial charge in [0.2, 0.25) is 21.7 Å². The number of sulfonamides is 1. The van der Waals surface area contributed by atoms with Crippen molar-refractivity contribution in [2.75, 3.05) is 6.26 Å². The van der Waals surface area contributed by atoms with Gasteiger partial charge < -0.3 is 9.15 Å². The fourth-order valence-corrected chi connectivity index (χ4v) is 5.91. The molecule has 2 atom stereocenters. The van der Waals surface area contributed by atoms with Gasteiger partial charge in [-0.25, -0.2) is 22.5 Å². The molecule has 6 nitrogen and oxygen atoms in total. The molecule has 3 aromatic rings. The van der Waals surface area contributed by atoms with Crippen LogP contribution in [0.4, 0.5) is 8.78 Å². The van der Waals surface area contributed by atoms with Crippen molar-refractivity contribution < 1.29 is 26.4 Å². The van der Waals surface area contributed by atoms with Crippen LogP contribution in [0.25, 0.3) is 11.1 Å². The van der Waals surface area contributed by atoms with Gasteiger partial charge in [0, 0.05) is 22.2 Å². The maximum absolute atomic E-state index is 14.7. The van der Waals surface area contributed by atoms with E-state index in [1.165, 1.54) is 12.3 Å². The lowest BCUT2D eigenvalue weighted by Crippen LogP contribution is -2.35. The van der Waals surface area contributed by atoms with E-state index < -0.39 is 27.1 Å². The summed E-state index contributed by atoms with van der Waals surface area (Å²) >= 11 is 6.45. The van der Waals surface area contributed by atoms with Crippen molar-refractivity contribution >= 4 is 21.6 Å². The minimum Gasteiger partial charge on any atom is -0.483 e. The third-order valence-corrected chi connectivity index (χ3v) is 7.36. The zero-order valence-corrected chi connectivity index (χ0v) is 19.3. The quantitative estimate of drug-likeness (QED) is 0.556. The van der Waals surface area contributed by atoms with Gasteiger partial charge in [0.05, 0.1) is 11.7 Å². The highest BCUT2D eigenvalue weighted by Crippen LogP contribution is 2.46. The maximum atomic E-state index is 14.7. The number of rotatable bonds is 2. The fourth-order valence-electron chi connectivity index (χ4n) is 4.89. The molecule has 1 spiro atoms. The van der Waals surface area contributed by atoms with Crippen LogP contribution in [0.2, 0.25) is 5.02 Å². The SMILES string of the molecule is CS(=O)(=O)N[C@H]1CC[C@@]2(Cc3ccc(Cl)c(c3)-c3ccc(F)c(F)c3OCc3coc2n3)C1. The Balaban J connectivity index is 1.63. The van der Waals surface area contributed by atoms with E-state index in [-0.39, 0.29) is 18.4 Å². The highest BCUT2D eigenvalue weighted by molar-refractivity contribution is 7.88. The van der Waals surface area contributed by atoms with Crippen molar-refractivity contribution in [2.24, 2.45) is 0 Å². The normalized spacial score (nSPS) is 22.4. The first-order valence-corrected chi connectivity index (χ1v) is 12.7. The van der Waals surface area contributed by atoms with E-state index in [1.807, 2.05) is 12.1 Å². The topological polar surface area (TPSA) is 81.4 Å². The second-order valence-corrected chi connectivity index (χ2v) is 11.0. The zero-order valence-electron chi connectivity index (χ0n) is 17.7. The number of nitrogens with one attached hydrogen (secondary N) is 1. The van der Waals surface area contributed by atoms with E-state index in [1.54, 1.807) is 6.07 Å². The number of nitrogens with zero attached hydrogens (tertiary/aromatic N) is 1. The predicted octanol–water partition coefficient (Wildman–Crippen LogP) is 4.75. The Morgan fingerprint density at radius 1 is 1.21 bits per heavy atom. The Hall–Kier alpha value is -2.49. The molecule has 5 rings (SSSR count). The molecule has 4 bridgehead atoms. The number of benzene rings is 2. The number of ether oxygens (including phenoxy) is 1. The van der Waals surface area contributed by atoms with Crippen LogP contribution in [0.3, 0.4) is 0 Å². The highest BCUT2D eigenvalue weighted by Gasteiger charge is 2.45. The van der Waals surface area contributed by atoms with E-state index in [4.69, 9.17) is 20.8 Å². The zero-order chi connectivity index (χ0) is 23.4. The number of halogens is 3. The lowest BCUT2D eigenvalue weighted by atomic mass is 9.79. The largest absolute Gasteiger partial charge is 0.483 e. The standard InChI is InChI=1S/C23H21ClF2N2O4S/c1-33(29,30)28-14-6-7-23(10-14)9-13-2-4-18(24)17(8-13)16-3-5-19(25)20(26)21(16)31-11-15-12-32-22(23)27-15/h2-5,8,12,14,28H,6-7,9-11H2,1H3/t14-,23+/m0/s1. The molecule has 0 amide bonds.